The molecule has 0 N–H and O–H groups in total. The summed E-state index contributed by atoms with van der Waals surface area (Å²) in [4.78, 5) is 2.68. The first-order valence-corrected chi connectivity index (χ1v) is 10.4. The third kappa shape index (κ3) is 4.41. The van der Waals surface area contributed by atoms with Gasteiger partial charge in [-0.2, -0.15) is 4.31 Å². The molecule has 0 aromatic heterocycles. The number of piperazine rings is 1. The maximum absolute atomic E-state index is 12.8. The lowest BCUT2D eigenvalue weighted by Crippen LogP contribution is -2.48. The molecule has 4 nitrogen and oxygen atoms in total. The molecule has 1 aliphatic heterocycles. The fraction of sp³-hybridized carbons (Fsp3) is 0.333. The van der Waals surface area contributed by atoms with Gasteiger partial charge in [-0.15, -0.1) is 0 Å². The Morgan fingerprint density at radius 2 is 1.62 bits per heavy atom. The lowest BCUT2D eigenvalue weighted by molar-refractivity contribution is 0.204. The molecule has 26 heavy (non-hydrogen) atoms. The molecule has 3 rings (SSSR count). The Labute approximate surface area is 156 Å². The van der Waals surface area contributed by atoms with E-state index in [2.05, 4.69) is 29.2 Å². The van der Waals surface area contributed by atoms with E-state index in [0.717, 1.165) is 30.8 Å². The van der Waals surface area contributed by atoms with Gasteiger partial charge >= 0.3 is 0 Å². The number of nitrogens with zero attached hydrogens (tertiary/aromatic N) is 2. The fourth-order valence-electron chi connectivity index (χ4n) is 3.08. The molecule has 0 amide bonds. The van der Waals surface area contributed by atoms with Crippen molar-refractivity contribution in [1.29, 1.82) is 0 Å². The first-order valence-electron chi connectivity index (χ1n) is 8.98. The molecule has 138 valence electrons. The van der Waals surface area contributed by atoms with Gasteiger partial charge < -0.3 is 0 Å². The molecule has 2 aromatic carbocycles. The van der Waals surface area contributed by atoms with E-state index in [1.807, 2.05) is 38.1 Å². The van der Waals surface area contributed by atoms with E-state index in [1.165, 1.54) is 5.56 Å². The Hall–Kier alpha value is -1.95. The summed E-state index contributed by atoms with van der Waals surface area (Å²) in [6.45, 7) is 7.36. The van der Waals surface area contributed by atoms with Gasteiger partial charge in [0.05, 0.1) is 4.90 Å². The lowest BCUT2D eigenvalue weighted by atomic mass is 10.1. The zero-order valence-corrected chi connectivity index (χ0v) is 16.2. The molecule has 1 fully saturated rings. The van der Waals surface area contributed by atoms with Crippen LogP contribution < -0.4 is 0 Å². The Morgan fingerprint density at radius 3 is 2.27 bits per heavy atom. The lowest BCUT2D eigenvalue weighted by Gasteiger charge is -2.33. The molecule has 1 aliphatic rings. The van der Waals surface area contributed by atoms with E-state index < -0.39 is 10.0 Å². The first kappa shape index (κ1) is 18.8. The average Bonchev–Trinajstić information content (AvgIpc) is 2.65. The van der Waals surface area contributed by atoms with Crippen LogP contribution in [-0.2, 0) is 10.0 Å². The Kier molecular flexibility index (Phi) is 5.91. The molecule has 0 atom stereocenters. The predicted molar refractivity (Wildman–Crippen MR) is 107 cm³/mol. The van der Waals surface area contributed by atoms with Crippen molar-refractivity contribution in [3.05, 3.63) is 71.3 Å². The quantitative estimate of drug-likeness (QED) is 0.811. The van der Waals surface area contributed by atoms with Gasteiger partial charge in [0.15, 0.2) is 0 Å². The van der Waals surface area contributed by atoms with Crippen LogP contribution in [0.25, 0.3) is 6.08 Å². The normalized spacial score (nSPS) is 17.0. The minimum Gasteiger partial charge on any atom is -0.297 e. The largest absolute Gasteiger partial charge is 0.297 e. The van der Waals surface area contributed by atoms with Gasteiger partial charge in [-0.25, -0.2) is 8.42 Å². The van der Waals surface area contributed by atoms with Crippen molar-refractivity contribution < 1.29 is 8.42 Å². The average molecular weight is 371 g/mol. The second-order valence-electron chi connectivity index (χ2n) is 6.76. The number of aryl methyl sites for hydroxylation is 2. The molecule has 0 radical (unpaired) electrons. The highest BCUT2D eigenvalue weighted by molar-refractivity contribution is 7.89. The molecular formula is C21H26N2O2S. The van der Waals surface area contributed by atoms with Crippen LogP contribution in [0.3, 0.4) is 0 Å². The molecule has 0 spiro atoms. The molecule has 2 aromatic rings. The fourth-order valence-corrected chi connectivity index (χ4v) is 4.59. The van der Waals surface area contributed by atoms with Crippen LogP contribution in [0.4, 0.5) is 0 Å². The van der Waals surface area contributed by atoms with Crippen molar-refractivity contribution in [2.45, 2.75) is 18.7 Å². The van der Waals surface area contributed by atoms with E-state index in [1.54, 1.807) is 16.4 Å². The highest BCUT2D eigenvalue weighted by Gasteiger charge is 2.28. The van der Waals surface area contributed by atoms with Crippen LogP contribution in [0, 0.1) is 13.8 Å². The molecule has 0 saturated carbocycles. The predicted octanol–water partition coefficient (Wildman–Crippen LogP) is 3.32. The number of hydrogen-bond acceptors (Lipinski definition) is 3. The molecule has 1 saturated heterocycles. The van der Waals surface area contributed by atoms with Gasteiger partial charge in [0, 0.05) is 32.7 Å². The van der Waals surface area contributed by atoms with Crippen molar-refractivity contribution in [3.63, 3.8) is 0 Å². The Balaban J connectivity index is 1.57. The topological polar surface area (TPSA) is 40.6 Å². The minimum absolute atomic E-state index is 0.401. The van der Waals surface area contributed by atoms with Crippen molar-refractivity contribution in [2.75, 3.05) is 32.7 Å². The van der Waals surface area contributed by atoms with Gasteiger partial charge in [-0.3, -0.25) is 4.90 Å². The SMILES string of the molecule is Cc1ccc(S(=O)(=O)N2CCN(C/C=C/c3ccccc3)CC2)cc1C. The van der Waals surface area contributed by atoms with Crippen LogP contribution in [0.1, 0.15) is 16.7 Å². The van der Waals surface area contributed by atoms with Gasteiger partial charge in [0.25, 0.3) is 0 Å². The summed E-state index contributed by atoms with van der Waals surface area (Å²) in [6, 6.07) is 15.6. The first-order chi connectivity index (χ1) is 12.5. The summed E-state index contributed by atoms with van der Waals surface area (Å²) >= 11 is 0. The van der Waals surface area contributed by atoms with E-state index in [4.69, 9.17) is 0 Å². The molecule has 0 unspecified atom stereocenters. The Bertz CT molecular complexity index is 868. The summed E-state index contributed by atoms with van der Waals surface area (Å²) in [6.07, 6.45) is 4.25. The Morgan fingerprint density at radius 1 is 0.923 bits per heavy atom. The molecule has 0 bridgehead atoms. The summed E-state index contributed by atoms with van der Waals surface area (Å²) in [5.41, 5.74) is 3.30. The minimum atomic E-state index is -3.40. The number of rotatable bonds is 5. The van der Waals surface area contributed by atoms with Gasteiger partial charge in [-0.1, -0.05) is 48.6 Å². The highest BCUT2D eigenvalue weighted by Crippen LogP contribution is 2.20. The summed E-state index contributed by atoms with van der Waals surface area (Å²) in [7, 11) is -3.40. The summed E-state index contributed by atoms with van der Waals surface area (Å²) < 4.78 is 27.3. The maximum Gasteiger partial charge on any atom is 0.243 e. The van der Waals surface area contributed by atoms with Crippen molar-refractivity contribution in [2.24, 2.45) is 0 Å². The van der Waals surface area contributed by atoms with E-state index >= 15 is 0 Å². The van der Waals surface area contributed by atoms with Crippen molar-refractivity contribution >= 4 is 16.1 Å². The number of hydrogen-bond donors (Lipinski definition) is 0. The summed E-state index contributed by atoms with van der Waals surface area (Å²) in [5, 5.41) is 0. The summed E-state index contributed by atoms with van der Waals surface area (Å²) in [5.74, 6) is 0. The van der Waals surface area contributed by atoms with E-state index in [-0.39, 0.29) is 0 Å². The second-order valence-corrected chi connectivity index (χ2v) is 8.70. The zero-order valence-electron chi connectivity index (χ0n) is 15.4. The smallest absolute Gasteiger partial charge is 0.243 e. The van der Waals surface area contributed by atoms with E-state index in [9.17, 15) is 8.42 Å². The monoisotopic (exact) mass is 370 g/mol. The zero-order chi connectivity index (χ0) is 18.6. The maximum atomic E-state index is 12.8. The second kappa shape index (κ2) is 8.16. The van der Waals surface area contributed by atoms with Gasteiger partial charge in [0.1, 0.15) is 0 Å². The van der Waals surface area contributed by atoms with Gasteiger partial charge in [0.2, 0.25) is 10.0 Å². The van der Waals surface area contributed by atoms with Gasteiger partial charge in [-0.05, 0) is 42.7 Å². The number of benzene rings is 2. The van der Waals surface area contributed by atoms with E-state index in [0.29, 0.717) is 18.0 Å². The third-order valence-corrected chi connectivity index (χ3v) is 6.82. The van der Waals surface area contributed by atoms with Crippen LogP contribution in [0.15, 0.2) is 59.5 Å². The van der Waals surface area contributed by atoms with Crippen molar-refractivity contribution in [1.82, 2.24) is 9.21 Å². The van der Waals surface area contributed by atoms with Crippen LogP contribution in [0.5, 0.6) is 0 Å². The van der Waals surface area contributed by atoms with Crippen LogP contribution in [-0.4, -0.2) is 50.3 Å². The highest BCUT2D eigenvalue weighted by atomic mass is 32.2. The molecule has 5 heteroatoms. The molecule has 1 heterocycles. The van der Waals surface area contributed by atoms with Crippen molar-refractivity contribution in [3.8, 4) is 0 Å². The van der Waals surface area contributed by atoms with Crippen LogP contribution in [0.2, 0.25) is 0 Å². The number of sulfonamides is 1. The third-order valence-electron chi connectivity index (χ3n) is 4.92. The molecule has 0 aliphatic carbocycles. The molecular weight excluding hydrogens is 344 g/mol. The van der Waals surface area contributed by atoms with Crippen LogP contribution >= 0.6 is 0 Å². The standard InChI is InChI=1S/C21H26N2O2S/c1-18-10-11-21(17-19(18)2)26(24,25)23-15-13-22(14-16-23)12-6-9-20-7-4-3-5-8-20/h3-11,17H,12-16H2,1-2H3/b9-6+.